The predicted molar refractivity (Wildman–Crippen MR) is 111 cm³/mol. The Morgan fingerprint density at radius 3 is 2.43 bits per heavy atom. The number of hydrogen-bond donors (Lipinski definition) is 0. The third-order valence-electron chi connectivity index (χ3n) is 4.77. The standard InChI is InChI=1S/C21H11BrN2O4/c22-12-9-10-18-15(11-12)19-20(28-18)13-5-1-2-6-14(13)21(25)23(19)16-7-3-4-8-17(16)24(26)27/h1-11H. The Balaban J connectivity index is 2.11. The van der Waals surface area contributed by atoms with Gasteiger partial charge in [-0.1, -0.05) is 46.3 Å². The number of nitrogens with zero attached hydrogens (tertiary/aromatic N) is 2. The van der Waals surface area contributed by atoms with Gasteiger partial charge in [-0.15, -0.1) is 0 Å². The van der Waals surface area contributed by atoms with Crippen LogP contribution < -0.4 is 5.56 Å². The fourth-order valence-corrected chi connectivity index (χ4v) is 3.95. The van der Waals surface area contributed by atoms with Crippen LogP contribution in [0, 0.1) is 10.1 Å². The highest BCUT2D eigenvalue weighted by Gasteiger charge is 2.23. The smallest absolute Gasteiger partial charge is 0.293 e. The van der Waals surface area contributed by atoms with Crippen LogP contribution in [-0.2, 0) is 0 Å². The molecule has 0 amide bonds. The zero-order chi connectivity index (χ0) is 19.4. The number of nitro benzene ring substituents is 1. The first-order valence-electron chi connectivity index (χ1n) is 8.45. The molecule has 0 radical (unpaired) electrons. The van der Waals surface area contributed by atoms with Crippen LogP contribution in [0.15, 0.2) is 80.4 Å². The van der Waals surface area contributed by atoms with Gasteiger partial charge in [0.25, 0.3) is 11.2 Å². The lowest BCUT2D eigenvalue weighted by Gasteiger charge is -2.10. The van der Waals surface area contributed by atoms with E-state index in [1.54, 1.807) is 30.3 Å². The summed E-state index contributed by atoms with van der Waals surface area (Å²) in [7, 11) is 0. The minimum absolute atomic E-state index is 0.148. The number of rotatable bonds is 2. The molecular weight excluding hydrogens is 424 g/mol. The SMILES string of the molecule is O=c1c2ccccc2c2oc3ccc(Br)cc3c2n1-c1ccccc1[N+](=O)[O-]. The van der Waals surface area contributed by atoms with Crippen LogP contribution in [-0.4, -0.2) is 9.49 Å². The zero-order valence-electron chi connectivity index (χ0n) is 14.3. The second kappa shape index (κ2) is 6.03. The number of benzene rings is 3. The van der Waals surface area contributed by atoms with Crippen LogP contribution in [0.4, 0.5) is 5.69 Å². The van der Waals surface area contributed by atoms with Gasteiger partial charge in [0, 0.05) is 21.3 Å². The second-order valence-corrected chi connectivity index (χ2v) is 7.27. The van der Waals surface area contributed by atoms with Gasteiger partial charge in [-0.05, 0) is 30.3 Å². The molecule has 0 unspecified atom stereocenters. The topological polar surface area (TPSA) is 78.3 Å². The molecule has 5 aromatic rings. The molecule has 0 aliphatic heterocycles. The quantitative estimate of drug-likeness (QED) is 0.269. The van der Waals surface area contributed by atoms with Crippen molar-refractivity contribution in [3.63, 3.8) is 0 Å². The van der Waals surface area contributed by atoms with Crippen LogP contribution >= 0.6 is 15.9 Å². The maximum absolute atomic E-state index is 13.4. The van der Waals surface area contributed by atoms with E-state index in [1.165, 1.54) is 10.6 Å². The molecule has 0 fully saturated rings. The van der Waals surface area contributed by atoms with Gasteiger partial charge in [0.05, 0.1) is 10.3 Å². The van der Waals surface area contributed by atoms with E-state index in [4.69, 9.17) is 4.42 Å². The van der Waals surface area contributed by atoms with E-state index in [0.717, 1.165) is 4.47 Å². The molecule has 0 saturated heterocycles. The number of aromatic nitrogens is 1. The number of fused-ring (bicyclic) bond motifs is 5. The molecular formula is C21H11BrN2O4. The van der Waals surface area contributed by atoms with Crippen molar-refractivity contribution in [1.82, 2.24) is 4.57 Å². The average Bonchev–Trinajstić information content (AvgIpc) is 3.07. The molecule has 0 atom stereocenters. The lowest BCUT2D eigenvalue weighted by atomic mass is 10.1. The molecule has 0 bridgehead atoms. The molecule has 0 spiro atoms. The molecule has 6 nitrogen and oxygen atoms in total. The number of pyridine rings is 1. The van der Waals surface area contributed by atoms with E-state index in [2.05, 4.69) is 15.9 Å². The Morgan fingerprint density at radius 2 is 1.64 bits per heavy atom. The summed E-state index contributed by atoms with van der Waals surface area (Å²) in [5.74, 6) is 0. The van der Waals surface area contributed by atoms with Crippen molar-refractivity contribution in [3.8, 4) is 5.69 Å². The molecule has 2 heterocycles. The first-order chi connectivity index (χ1) is 13.6. The molecule has 0 N–H and O–H groups in total. The van der Waals surface area contributed by atoms with Gasteiger partial charge >= 0.3 is 0 Å². The van der Waals surface area contributed by atoms with Crippen molar-refractivity contribution in [2.24, 2.45) is 0 Å². The Morgan fingerprint density at radius 1 is 0.929 bits per heavy atom. The van der Waals surface area contributed by atoms with Crippen molar-refractivity contribution in [1.29, 1.82) is 0 Å². The second-order valence-electron chi connectivity index (χ2n) is 6.35. The molecule has 0 saturated carbocycles. The van der Waals surface area contributed by atoms with E-state index in [9.17, 15) is 14.9 Å². The van der Waals surface area contributed by atoms with Gasteiger partial charge < -0.3 is 4.42 Å². The fourth-order valence-electron chi connectivity index (χ4n) is 3.59. The minimum Gasteiger partial charge on any atom is -0.454 e. The highest BCUT2D eigenvalue weighted by atomic mass is 79.9. The summed E-state index contributed by atoms with van der Waals surface area (Å²) in [6, 6.07) is 18.8. The van der Waals surface area contributed by atoms with Gasteiger partial charge in [-0.3, -0.25) is 19.5 Å². The van der Waals surface area contributed by atoms with Crippen LogP contribution in [0.2, 0.25) is 0 Å². The number of furan rings is 1. The van der Waals surface area contributed by atoms with E-state index in [-0.39, 0.29) is 16.9 Å². The lowest BCUT2D eigenvalue weighted by Crippen LogP contribution is -2.19. The normalized spacial score (nSPS) is 11.5. The summed E-state index contributed by atoms with van der Waals surface area (Å²) >= 11 is 3.45. The van der Waals surface area contributed by atoms with Crippen LogP contribution in [0.25, 0.3) is 38.5 Å². The first kappa shape index (κ1) is 16.7. The maximum Gasteiger partial charge on any atom is 0.293 e. The Bertz CT molecular complexity index is 1480. The summed E-state index contributed by atoms with van der Waals surface area (Å²) in [5, 5.41) is 13.4. The van der Waals surface area contributed by atoms with Crippen molar-refractivity contribution in [2.45, 2.75) is 0 Å². The lowest BCUT2D eigenvalue weighted by molar-refractivity contribution is -0.384. The number of para-hydroxylation sites is 2. The monoisotopic (exact) mass is 434 g/mol. The number of halogens is 1. The highest BCUT2D eigenvalue weighted by Crippen LogP contribution is 2.36. The summed E-state index contributed by atoms with van der Waals surface area (Å²) < 4.78 is 8.29. The van der Waals surface area contributed by atoms with Crippen molar-refractivity contribution in [3.05, 3.63) is 91.7 Å². The van der Waals surface area contributed by atoms with Crippen molar-refractivity contribution in [2.75, 3.05) is 0 Å². The fraction of sp³-hybridized carbons (Fsp3) is 0. The molecule has 3 aromatic carbocycles. The van der Waals surface area contributed by atoms with Crippen LogP contribution in [0.3, 0.4) is 0 Å². The van der Waals surface area contributed by atoms with Crippen LogP contribution in [0.5, 0.6) is 0 Å². The van der Waals surface area contributed by atoms with Gasteiger partial charge in [-0.25, -0.2) is 0 Å². The summed E-state index contributed by atoms with van der Waals surface area (Å²) in [4.78, 5) is 24.6. The van der Waals surface area contributed by atoms with E-state index in [1.807, 2.05) is 30.3 Å². The summed E-state index contributed by atoms with van der Waals surface area (Å²) in [6.45, 7) is 0. The van der Waals surface area contributed by atoms with Crippen LogP contribution in [0.1, 0.15) is 0 Å². The minimum atomic E-state index is -0.485. The number of hydrogen-bond acceptors (Lipinski definition) is 4. The summed E-state index contributed by atoms with van der Waals surface area (Å²) in [5.41, 5.74) is 1.35. The van der Waals surface area contributed by atoms with Crippen molar-refractivity contribution < 1.29 is 9.34 Å². The van der Waals surface area contributed by atoms with Gasteiger partial charge in [0.15, 0.2) is 5.58 Å². The molecule has 0 aliphatic rings. The predicted octanol–water partition coefficient (Wildman–Crippen LogP) is 5.56. The Hall–Kier alpha value is -3.45. The van der Waals surface area contributed by atoms with E-state index in [0.29, 0.717) is 32.8 Å². The molecule has 2 aromatic heterocycles. The molecule has 7 heteroatoms. The maximum atomic E-state index is 13.4. The van der Waals surface area contributed by atoms with Gasteiger partial charge in [0.2, 0.25) is 0 Å². The van der Waals surface area contributed by atoms with Gasteiger partial charge in [-0.2, -0.15) is 0 Å². The van der Waals surface area contributed by atoms with Gasteiger partial charge in [0.1, 0.15) is 16.8 Å². The Labute approximate surface area is 165 Å². The summed E-state index contributed by atoms with van der Waals surface area (Å²) in [6.07, 6.45) is 0. The van der Waals surface area contributed by atoms with E-state index >= 15 is 0 Å². The molecule has 5 rings (SSSR count). The first-order valence-corrected chi connectivity index (χ1v) is 9.25. The third kappa shape index (κ3) is 2.30. The molecule has 28 heavy (non-hydrogen) atoms. The zero-order valence-corrected chi connectivity index (χ0v) is 15.8. The molecule has 0 aliphatic carbocycles. The average molecular weight is 435 g/mol. The molecule has 136 valence electrons. The Kier molecular flexibility index (Phi) is 3.60. The third-order valence-corrected chi connectivity index (χ3v) is 5.27. The van der Waals surface area contributed by atoms with Crippen molar-refractivity contribution >= 4 is 54.5 Å². The highest BCUT2D eigenvalue weighted by molar-refractivity contribution is 9.10. The van der Waals surface area contributed by atoms with E-state index < -0.39 is 4.92 Å². The largest absolute Gasteiger partial charge is 0.454 e. The number of nitro groups is 1.